The van der Waals surface area contributed by atoms with Crippen molar-refractivity contribution in [3.63, 3.8) is 0 Å². The molecule has 1 fully saturated rings. The Bertz CT molecular complexity index is 472. The number of rotatable bonds is 8. The van der Waals surface area contributed by atoms with Crippen LogP contribution in [0.2, 0.25) is 0 Å². The van der Waals surface area contributed by atoms with Crippen LogP contribution in [0.1, 0.15) is 37.0 Å². The van der Waals surface area contributed by atoms with Gasteiger partial charge in [0.25, 0.3) is 5.91 Å². The molecule has 1 aliphatic carbocycles. The summed E-state index contributed by atoms with van der Waals surface area (Å²) >= 11 is 0. The monoisotopic (exact) mass is 291 g/mol. The molecule has 0 saturated heterocycles. The average molecular weight is 291 g/mol. The lowest BCUT2D eigenvalue weighted by molar-refractivity contribution is 0.0953. The average Bonchev–Trinajstić information content (AvgIpc) is 3.29. The van der Waals surface area contributed by atoms with Crippen LogP contribution < -0.4 is 16.0 Å². The van der Waals surface area contributed by atoms with Gasteiger partial charge in [-0.1, -0.05) is 6.07 Å². The number of nitrogens with zero attached hydrogens (tertiary/aromatic N) is 1. The van der Waals surface area contributed by atoms with Gasteiger partial charge in [-0.2, -0.15) is 0 Å². The summed E-state index contributed by atoms with van der Waals surface area (Å²) in [6.07, 6.45) is 2.72. The van der Waals surface area contributed by atoms with Gasteiger partial charge in [0.15, 0.2) is 0 Å². The van der Waals surface area contributed by atoms with E-state index in [4.69, 9.17) is 10.6 Å². The van der Waals surface area contributed by atoms with E-state index in [1.165, 1.54) is 12.8 Å². The zero-order valence-corrected chi connectivity index (χ0v) is 12.8. The van der Waals surface area contributed by atoms with Crippen molar-refractivity contribution in [1.82, 2.24) is 10.3 Å². The number of hydrogen-bond donors (Lipinski definition) is 2. The van der Waals surface area contributed by atoms with Crippen LogP contribution in [0.3, 0.4) is 0 Å². The molecular formula is C16H25N3O2. The molecule has 1 saturated carbocycles. The summed E-state index contributed by atoms with van der Waals surface area (Å²) in [5.74, 6) is 6.40. The minimum absolute atomic E-state index is 0.307. The highest BCUT2D eigenvalue weighted by atomic mass is 16.5. The molecular weight excluding hydrogens is 266 g/mol. The van der Waals surface area contributed by atoms with E-state index in [-0.39, 0.29) is 5.91 Å². The van der Waals surface area contributed by atoms with Crippen LogP contribution in [0.25, 0.3) is 0 Å². The van der Waals surface area contributed by atoms with Crippen molar-refractivity contribution in [2.45, 2.75) is 32.7 Å². The van der Waals surface area contributed by atoms with E-state index in [9.17, 15) is 4.79 Å². The van der Waals surface area contributed by atoms with E-state index in [0.717, 1.165) is 19.0 Å². The number of amides is 1. The second-order valence-electron chi connectivity index (χ2n) is 5.88. The van der Waals surface area contributed by atoms with E-state index in [1.54, 1.807) is 18.2 Å². The van der Waals surface area contributed by atoms with E-state index in [1.807, 2.05) is 6.07 Å². The molecule has 0 aliphatic heterocycles. The van der Waals surface area contributed by atoms with Crippen LogP contribution >= 0.6 is 0 Å². The first-order valence-corrected chi connectivity index (χ1v) is 7.58. The van der Waals surface area contributed by atoms with E-state index >= 15 is 0 Å². The number of carbonyl (C=O) groups excluding carboxylic acids is 1. The predicted octanol–water partition coefficient (Wildman–Crippen LogP) is 1.79. The van der Waals surface area contributed by atoms with Crippen molar-refractivity contribution in [2.75, 3.05) is 19.7 Å². The highest BCUT2D eigenvalue weighted by molar-refractivity contribution is 5.94. The molecule has 1 amide bonds. The van der Waals surface area contributed by atoms with Gasteiger partial charge < -0.3 is 4.74 Å². The van der Waals surface area contributed by atoms with E-state index < -0.39 is 0 Å². The minimum Gasteiger partial charge on any atom is -0.492 e. The van der Waals surface area contributed by atoms with Crippen LogP contribution in [-0.4, -0.2) is 36.5 Å². The molecule has 0 unspecified atom stereocenters. The van der Waals surface area contributed by atoms with E-state index in [2.05, 4.69) is 24.2 Å². The highest BCUT2D eigenvalue weighted by Crippen LogP contribution is 2.30. The summed E-state index contributed by atoms with van der Waals surface area (Å²) in [5, 5.41) is 0. The second kappa shape index (κ2) is 7.43. The summed E-state index contributed by atoms with van der Waals surface area (Å²) in [4.78, 5) is 13.9. The van der Waals surface area contributed by atoms with Gasteiger partial charge in [0.1, 0.15) is 12.4 Å². The third-order valence-electron chi connectivity index (χ3n) is 3.79. The standard InChI is InChI=1S/C16H25N3O2/c1-12(2)19(11-13-6-7-13)8-9-21-15-5-3-4-14(10-15)16(20)18-17/h3-5,10,12-13H,6-9,11,17H2,1-2H3,(H,18,20). The molecule has 21 heavy (non-hydrogen) atoms. The molecule has 1 aliphatic rings. The smallest absolute Gasteiger partial charge is 0.265 e. The number of hydrogen-bond acceptors (Lipinski definition) is 4. The molecule has 0 aromatic heterocycles. The number of nitrogens with two attached hydrogens (primary N) is 1. The molecule has 0 heterocycles. The lowest BCUT2D eigenvalue weighted by atomic mass is 10.2. The summed E-state index contributed by atoms with van der Waals surface area (Å²) < 4.78 is 5.76. The van der Waals surface area contributed by atoms with Crippen LogP contribution in [0.15, 0.2) is 24.3 Å². The van der Waals surface area contributed by atoms with Crippen LogP contribution in [0.5, 0.6) is 5.75 Å². The number of carbonyl (C=O) groups is 1. The molecule has 0 atom stereocenters. The van der Waals surface area contributed by atoms with Crippen molar-refractivity contribution in [3.05, 3.63) is 29.8 Å². The Labute approximate surface area is 126 Å². The number of nitrogen functional groups attached to an aromatic ring is 1. The SMILES string of the molecule is CC(C)N(CCOc1cccc(C(=O)NN)c1)CC1CC1. The molecule has 0 spiro atoms. The summed E-state index contributed by atoms with van der Waals surface area (Å²) in [5.41, 5.74) is 2.63. The van der Waals surface area contributed by atoms with Crippen LogP contribution in [0, 0.1) is 5.92 Å². The van der Waals surface area contributed by atoms with Gasteiger partial charge in [-0.3, -0.25) is 15.1 Å². The lowest BCUT2D eigenvalue weighted by Crippen LogP contribution is -2.36. The predicted molar refractivity (Wildman–Crippen MR) is 83.0 cm³/mol. The number of ether oxygens (including phenoxy) is 1. The maximum absolute atomic E-state index is 11.5. The van der Waals surface area contributed by atoms with Gasteiger partial charge in [-0.15, -0.1) is 0 Å². The molecule has 5 nitrogen and oxygen atoms in total. The molecule has 2 rings (SSSR count). The molecule has 0 bridgehead atoms. The molecule has 1 aromatic carbocycles. The fourth-order valence-corrected chi connectivity index (χ4v) is 2.28. The fraction of sp³-hybridized carbons (Fsp3) is 0.562. The first-order valence-electron chi connectivity index (χ1n) is 7.58. The zero-order valence-electron chi connectivity index (χ0n) is 12.8. The van der Waals surface area contributed by atoms with Gasteiger partial charge in [0.2, 0.25) is 0 Å². The fourth-order valence-electron chi connectivity index (χ4n) is 2.28. The third kappa shape index (κ3) is 5.02. The Morgan fingerprint density at radius 3 is 2.86 bits per heavy atom. The Morgan fingerprint density at radius 2 is 2.24 bits per heavy atom. The van der Waals surface area contributed by atoms with Crippen LogP contribution in [0.4, 0.5) is 0 Å². The molecule has 5 heteroatoms. The summed E-state index contributed by atoms with van der Waals surface area (Å²) in [6.45, 7) is 7.12. The Hall–Kier alpha value is -1.59. The van der Waals surface area contributed by atoms with Gasteiger partial charge in [-0.05, 0) is 50.8 Å². The van der Waals surface area contributed by atoms with Gasteiger partial charge in [0, 0.05) is 24.7 Å². The van der Waals surface area contributed by atoms with Crippen molar-refractivity contribution in [2.24, 2.45) is 11.8 Å². The quantitative estimate of drug-likeness (QED) is 0.435. The summed E-state index contributed by atoms with van der Waals surface area (Å²) in [6, 6.07) is 7.60. The first kappa shape index (κ1) is 15.8. The first-order chi connectivity index (χ1) is 10.1. The maximum atomic E-state index is 11.5. The van der Waals surface area contributed by atoms with Gasteiger partial charge in [0.05, 0.1) is 0 Å². The zero-order chi connectivity index (χ0) is 15.2. The van der Waals surface area contributed by atoms with Gasteiger partial charge >= 0.3 is 0 Å². The molecule has 116 valence electrons. The number of nitrogens with one attached hydrogen (secondary N) is 1. The van der Waals surface area contributed by atoms with E-state index in [0.29, 0.717) is 24.0 Å². The molecule has 1 aromatic rings. The lowest BCUT2D eigenvalue weighted by Gasteiger charge is -2.26. The second-order valence-corrected chi connectivity index (χ2v) is 5.88. The topological polar surface area (TPSA) is 67.6 Å². The minimum atomic E-state index is -0.307. The highest BCUT2D eigenvalue weighted by Gasteiger charge is 2.25. The largest absolute Gasteiger partial charge is 0.492 e. The van der Waals surface area contributed by atoms with Gasteiger partial charge in [-0.25, -0.2) is 5.84 Å². The van der Waals surface area contributed by atoms with Crippen molar-refractivity contribution in [3.8, 4) is 5.75 Å². The van der Waals surface area contributed by atoms with Crippen molar-refractivity contribution in [1.29, 1.82) is 0 Å². The number of hydrazine groups is 1. The Balaban J connectivity index is 1.82. The third-order valence-corrected chi connectivity index (χ3v) is 3.79. The maximum Gasteiger partial charge on any atom is 0.265 e. The Kier molecular flexibility index (Phi) is 5.59. The van der Waals surface area contributed by atoms with Crippen molar-refractivity contribution < 1.29 is 9.53 Å². The van der Waals surface area contributed by atoms with Crippen LogP contribution in [-0.2, 0) is 0 Å². The van der Waals surface area contributed by atoms with Crippen molar-refractivity contribution >= 4 is 5.91 Å². The molecule has 3 N–H and O–H groups in total. The molecule has 0 radical (unpaired) electrons. The number of benzene rings is 1. The normalized spacial score (nSPS) is 14.5. The summed E-state index contributed by atoms with van der Waals surface area (Å²) in [7, 11) is 0. The Morgan fingerprint density at radius 1 is 1.48 bits per heavy atom.